The minimum absolute atomic E-state index is 0.291. The van der Waals surface area contributed by atoms with E-state index in [0.717, 1.165) is 12.2 Å². The van der Waals surface area contributed by atoms with E-state index < -0.39 is 0 Å². The lowest BCUT2D eigenvalue weighted by molar-refractivity contribution is 0.419. The average molecular weight is 227 g/mol. The molecule has 0 bridgehead atoms. The molecule has 0 unspecified atom stereocenters. The molecular weight excluding hydrogens is 208 g/mol. The molecule has 0 fully saturated rings. The van der Waals surface area contributed by atoms with E-state index in [4.69, 9.17) is 11.6 Å². The molecule has 3 heteroatoms. The molecule has 0 aliphatic carbocycles. The normalized spacial score (nSPS) is 11.5. The van der Waals surface area contributed by atoms with E-state index in [1.54, 1.807) is 0 Å². The molecule has 0 saturated carbocycles. The van der Waals surface area contributed by atoms with Crippen LogP contribution in [0.15, 0.2) is 18.3 Å². The molecule has 0 N–H and O–H groups in total. The predicted octanol–water partition coefficient (Wildman–Crippen LogP) is 3.30. The molecule has 1 rings (SSSR count). The topological polar surface area (TPSA) is 16.1 Å². The number of nitrogens with zero attached hydrogens (tertiary/aromatic N) is 2. The lowest BCUT2D eigenvalue weighted by atomic mass is 9.96. The first kappa shape index (κ1) is 12.3. The van der Waals surface area contributed by atoms with Gasteiger partial charge in [-0.25, -0.2) is 0 Å². The second-order valence-electron chi connectivity index (χ2n) is 5.06. The van der Waals surface area contributed by atoms with Crippen molar-refractivity contribution in [3.8, 4) is 0 Å². The van der Waals surface area contributed by atoms with Crippen molar-refractivity contribution in [1.82, 2.24) is 4.98 Å². The van der Waals surface area contributed by atoms with Gasteiger partial charge in [0, 0.05) is 25.5 Å². The Labute approximate surface area is 97.3 Å². The third-order valence-electron chi connectivity index (χ3n) is 2.09. The Morgan fingerprint density at radius 2 is 2.07 bits per heavy atom. The van der Waals surface area contributed by atoms with Crippen LogP contribution in [0.3, 0.4) is 0 Å². The van der Waals surface area contributed by atoms with Gasteiger partial charge in [-0.05, 0) is 17.5 Å². The highest BCUT2D eigenvalue weighted by Gasteiger charge is 2.14. The minimum Gasteiger partial charge on any atom is -0.374 e. The Bertz CT molecular complexity index is 318. The van der Waals surface area contributed by atoms with Crippen LogP contribution in [-0.2, 0) is 5.88 Å². The standard InChI is InChI=1S/C12H19ClN2/c1-12(2,3)9-15(4)11-5-6-14-10(7-11)8-13/h5-7H,8-9H2,1-4H3. The third kappa shape index (κ3) is 4.08. The molecule has 15 heavy (non-hydrogen) atoms. The van der Waals surface area contributed by atoms with Crippen molar-refractivity contribution in [2.75, 3.05) is 18.5 Å². The largest absolute Gasteiger partial charge is 0.374 e. The van der Waals surface area contributed by atoms with Crippen molar-refractivity contribution >= 4 is 17.3 Å². The highest BCUT2D eigenvalue weighted by atomic mass is 35.5. The molecule has 2 nitrogen and oxygen atoms in total. The van der Waals surface area contributed by atoms with Crippen LogP contribution < -0.4 is 4.90 Å². The zero-order valence-electron chi connectivity index (χ0n) is 9.92. The Balaban J connectivity index is 2.77. The molecule has 0 aliphatic rings. The number of aromatic nitrogens is 1. The van der Waals surface area contributed by atoms with Gasteiger partial charge in [0.05, 0.1) is 11.6 Å². The van der Waals surface area contributed by atoms with Crippen LogP contribution >= 0.6 is 11.6 Å². The molecule has 0 atom stereocenters. The molecular formula is C12H19ClN2. The second kappa shape index (κ2) is 4.84. The monoisotopic (exact) mass is 226 g/mol. The van der Waals surface area contributed by atoms with E-state index in [9.17, 15) is 0 Å². The molecule has 0 aromatic carbocycles. The zero-order valence-corrected chi connectivity index (χ0v) is 10.7. The summed E-state index contributed by atoms with van der Waals surface area (Å²) in [6.07, 6.45) is 1.81. The van der Waals surface area contributed by atoms with Gasteiger partial charge in [-0.1, -0.05) is 20.8 Å². The van der Waals surface area contributed by atoms with Gasteiger partial charge in [0.25, 0.3) is 0 Å². The van der Waals surface area contributed by atoms with Crippen LogP contribution in [-0.4, -0.2) is 18.6 Å². The highest BCUT2D eigenvalue weighted by Crippen LogP contribution is 2.20. The van der Waals surface area contributed by atoms with Crippen LogP contribution in [0.5, 0.6) is 0 Å². The van der Waals surface area contributed by atoms with Crippen molar-refractivity contribution in [1.29, 1.82) is 0 Å². The Kier molecular flexibility index (Phi) is 3.97. The molecule has 0 spiro atoms. The first-order chi connectivity index (χ1) is 6.92. The fourth-order valence-corrected chi connectivity index (χ4v) is 1.72. The van der Waals surface area contributed by atoms with E-state index in [1.165, 1.54) is 5.69 Å². The number of anilines is 1. The van der Waals surface area contributed by atoms with Crippen molar-refractivity contribution in [3.05, 3.63) is 24.0 Å². The summed E-state index contributed by atoms with van der Waals surface area (Å²) in [6, 6.07) is 4.06. The lowest BCUT2D eigenvalue weighted by Crippen LogP contribution is -2.29. The van der Waals surface area contributed by atoms with Crippen molar-refractivity contribution < 1.29 is 0 Å². The molecule has 0 amide bonds. The lowest BCUT2D eigenvalue weighted by Gasteiger charge is -2.28. The molecule has 1 heterocycles. The van der Waals surface area contributed by atoms with Gasteiger partial charge in [-0.3, -0.25) is 4.98 Å². The van der Waals surface area contributed by atoms with Gasteiger partial charge in [0.15, 0.2) is 0 Å². The van der Waals surface area contributed by atoms with Crippen molar-refractivity contribution in [3.63, 3.8) is 0 Å². The maximum atomic E-state index is 5.76. The highest BCUT2D eigenvalue weighted by molar-refractivity contribution is 6.16. The Morgan fingerprint density at radius 3 is 2.60 bits per heavy atom. The summed E-state index contributed by atoms with van der Waals surface area (Å²) in [6.45, 7) is 7.70. The van der Waals surface area contributed by atoms with E-state index in [1.807, 2.05) is 18.3 Å². The second-order valence-corrected chi connectivity index (χ2v) is 5.32. The number of alkyl halides is 1. The maximum absolute atomic E-state index is 5.76. The molecule has 0 aliphatic heterocycles. The smallest absolute Gasteiger partial charge is 0.0648 e. The number of rotatable bonds is 3. The fourth-order valence-electron chi connectivity index (χ4n) is 1.58. The van der Waals surface area contributed by atoms with E-state index >= 15 is 0 Å². The van der Waals surface area contributed by atoms with Crippen LogP contribution in [0.4, 0.5) is 5.69 Å². The third-order valence-corrected chi connectivity index (χ3v) is 2.36. The fraction of sp³-hybridized carbons (Fsp3) is 0.583. The van der Waals surface area contributed by atoms with E-state index in [-0.39, 0.29) is 0 Å². The number of pyridine rings is 1. The zero-order chi connectivity index (χ0) is 11.5. The predicted molar refractivity (Wildman–Crippen MR) is 66.5 cm³/mol. The summed E-state index contributed by atoms with van der Waals surface area (Å²) >= 11 is 5.76. The number of halogens is 1. The van der Waals surface area contributed by atoms with Gasteiger partial charge in [0.2, 0.25) is 0 Å². The SMILES string of the molecule is CN(CC(C)(C)C)c1ccnc(CCl)c1. The van der Waals surface area contributed by atoms with Gasteiger partial charge in [0.1, 0.15) is 0 Å². The van der Waals surface area contributed by atoms with Crippen LogP contribution in [0, 0.1) is 5.41 Å². The summed E-state index contributed by atoms with van der Waals surface area (Å²) in [5.41, 5.74) is 2.39. The van der Waals surface area contributed by atoms with Crippen LogP contribution in [0.1, 0.15) is 26.5 Å². The van der Waals surface area contributed by atoms with E-state index in [2.05, 4.69) is 37.7 Å². The van der Waals surface area contributed by atoms with Gasteiger partial charge in [-0.15, -0.1) is 11.6 Å². The Hall–Kier alpha value is -0.760. The van der Waals surface area contributed by atoms with E-state index in [0.29, 0.717) is 11.3 Å². The number of hydrogen-bond acceptors (Lipinski definition) is 2. The molecule has 1 aromatic heterocycles. The summed E-state index contributed by atoms with van der Waals surface area (Å²) in [5, 5.41) is 0. The van der Waals surface area contributed by atoms with Gasteiger partial charge >= 0.3 is 0 Å². The number of hydrogen-bond donors (Lipinski definition) is 0. The molecule has 0 saturated heterocycles. The average Bonchev–Trinajstić information content (AvgIpc) is 2.15. The van der Waals surface area contributed by atoms with Crippen LogP contribution in [0.2, 0.25) is 0 Å². The van der Waals surface area contributed by atoms with Crippen molar-refractivity contribution in [2.24, 2.45) is 5.41 Å². The van der Waals surface area contributed by atoms with Gasteiger partial charge < -0.3 is 4.90 Å². The maximum Gasteiger partial charge on any atom is 0.0648 e. The summed E-state index contributed by atoms with van der Waals surface area (Å²) in [7, 11) is 2.10. The molecule has 84 valence electrons. The van der Waals surface area contributed by atoms with Gasteiger partial charge in [-0.2, -0.15) is 0 Å². The summed E-state index contributed by atoms with van der Waals surface area (Å²) in [5.74, 6) is 0.469. The first-order valence-electron chi connectivity index (χ1n) is 5.14. The summed E-state index contributed by atoms with van der Waals surface area (Å²) < 4.78 is 0. The molecule has 0 radical (unpaired) electrons. The summed E-state index contributed by atoms with van der Waals surface area (Å²) in [4.78, 5) is 6.41. The first-order valence-corrected chi connectivity index (χ1v) is 5.68. The Morgan fingerprint density at radius 1 is 1.40 bits per heavy atom. The molecule has 1 aromatic rings. The van der Waals surface area contributed by atoms with Crippen molar-refractivity contribution in [2.45, 2.75) is 26.7 Å². The quantitative estimate of drug-likeness (QED) is 0.736. The van der Waals surface area contributed by atoms with Crippen LogP contribution in [0.25, 0.3) is 0 Å². The minimum atomic E-state index is 0.291.